The number of hydrogen-bond acceptors (Lipinski definition) is 2. The van der Waals surface area contributed by atoms with Crippen molar-refractivity contribution in [2.75, 3.05) is 4.90 Å². The number of anilines is 1. The van der Waals surface area contributed by atoms with Crippen molar-refractivity contribution in [2.45, 2.75) is 76.2 Å². The van der Waals surface area contributed by atoms with Gasteiger partial charge in [-0.1, -0.05) is 141 Å². The van der Waals surface area contributed by atoms with Crippen molar-refractivity contribution in [1.82, 2.24) is 0 Å². The van der Waals surface area contributed by atoms with Gasteiger partial charge in [0.15, 0.2) is 0 Å². The van der Waals surface area contributed by atoms with Crippen molar-refractivity contribution < 1.29 is 4.74 Å². The van der Waals surface area contributed by atoms with Gasteiger partial charge < -0.3 is 9.64 Å². The second-order valence-electron chi connectivity index (χ2n) is 18.0. The van der Waals surface area contributed by atoms with Crippen molar-refractivity contribution in [1.29, 1.82) is 0 Å². The average Bonchev–Trinajstić information content (AvgIpc) is 3.91. The molecular formula is C56H49NO. The molecule has 0 fully saturated rings. The molecule has 0 spiro atoms. The molecule has 0 N–H and O–H groups in total. The molecule has 1 aliphatic heterocycles. The van der Waals surface area contributed by atoms with E-state index in [2.05, 4.69) is 170 Å². The molecule has 0 saturated heterocycles. The number of ether oxygens (including phenoxy) is 1. The molecule has 2 heteroatoms. The topological polar surface area (TPSA) is 12.5 Å². The Morgan fingerprint density at radius 3 is 2.47 bits per heavy atom. The molecule has 284 valence electrons. The van der Waals surface area contributed by atoms with E-state index in [-0.39, 0.29) is 17.4 Å². The van der Waals surface area contributed by atoms with Crippen molar-refractivity contribution in [2.24, 2.45) is 11.8 Å². The first-order valence-electron chi connectivity index (χ1n) is 21.7. The molecule has 58 heavy (non-hydrogen) atoms. The summed E-state index contributed by atoms with van der Waals surface area (Å²) >= 11 is 0. The Kier molecular flexibility index (Phi) is 7.71. The van der Waals surface area contributed by atoms with Crippen molar-refractivity contribution in [3.8, 4) is 28.0 Å². The van der Waals surface area contributed by atoms with Gasteiger partial charge in [-0.15, -0.1) is 0 Å². The molecule has 0 amide bonds. The quantitative estimate of drug-likeness (QED) is 0.177. The summed E-state index contributed by atoms with van der Waals surface area (Å²) in [5.41, 5.74) is 19.4. The fraction of sp³-hybridized carbons (Fsp3) is 0.250. The van der Waals surface area contributed by atoms with Gasteiger partial charge in [0.25, 0.3) is 0 Å². The molecule has 0 aromatic heterocycles. The Labute approximate surface area is 343 Å². The van der Waals surface area contributed by atoms with Crippen LogP contribution in [0.25, 0.3) is 38.6 Å². The van der Waals surface area contributed by atoms with E-state index in [0.717, 1.165) is 44.3 Å². The summed E-state index contributed by atoms with van der Waals surface area (Å²) in [5.74, 6) is 2.13. The summed E-state index contributed by atoms with van der Waals surface area (Å²) in [6.07, 6.45) is 27.4. The minimum atomic E-state index is -0.0208. The minimum Gasteiger partial charge on any atom is -0.488 e. The zero-order valence-electron chi connectivity index (χ0n) is 33.5. The Bertz CT molecular complexity index is 2760. The van der Waals surface area contributed by atoms with Gasteiger partial charge in [0, 0.05) is 51.4 Å². The van der Waals surface area contributed by atoms with Gasteiger partial charge in [0.1, 0.15) is 11.9 Å². The smallest absolute Gasteiger partial charge is 0.132 e. The number of hydrogen-bond donors (Lipinski definition) is 0. The normalized spacial score (nSPS) is 24.4. The molecule has 5 aromatic rings. The highest BCUT2D eigenvalue weighted by atomic mass is 16.5. The second kappa shape index (κ2) is 13.1. The fourth-order valence-corrected chi connectivity index (χ4v) is 11.7. The molecule has 5 aromatic carbocycles. The van der Waals surface area contributed by atoms with E-state index in [0.29, 0.717) is 11.8 Å². The lowest BCUT2D eigenvalue weighted by Gasteiger charge is -2.39. The van der Waals surface area contributed by atoms with Gasteiger partial charge in [-0.3, -0.25) is 0 Å². The molecule has 2 nitrogen and oxygen atoms in total. The van der Waals surface area contributed by atoms with Gasteiger partial charge in [-0.25, -0.2) is 0 Å². The third kappa shape index (κ3) is 5.16. The van der Waals surface area contributed by atoms with E-state index in [1.165, 1.54) is 84.4 Å². The van der Waals surface area contributed by atoms with Crippen LogP contribution in [-0.2, 0) is 5.41 Å². The Morgan fingerprint density at radius 2 is 1.57 bits per heavy atom. The van der Waals surface area contributed by atoms with Gasteiger partial charge in [0.2, 0.25) is 0 Å². The van der Waals surface area contributed by atoms with Crippen LogP contribution in [0.5, 0.6) is 5.75 Å². The monoisotopic (exact) mass is 751 g/mol. The Hall–Kier alpha value is -5.86. The lowest BCUT2D eigenvalue weighted by Crippen LogP contribution is -2.33. The zero-order valence-corrected chi connectivity index (χ0v) is 33.5. The summed E-state index contributed by atoms with van der Waals surface area (Å²) in [4.78, 5) is 2.65. The van der Waals surface area contributed by atoms with E-state index in [1.54, 1.807) is 11.1 Å². The molecule has 0 bridgehead atoms. The minimum absolute atomic E-state index is 0.0208. The van der Waals surface area contributed by atoms with Gasteiger partial charge in [-0.05, 0) is 131 Å². The van der Waals surface area contributed by atoms with Crippen LogP contribution in [0.4, 0.5) is 5.69 Å². The molecule has 4 unspecified atom stereocenters. The fourth-order valence-electron chi connectivity index (χ4n) is 11.7. The number of rotatable bonds is 5. The highest BCUT2D eigenvalue weighted by Crippen LogP contribution is 2.56. The highest BCUT2D eigenvalue weighted by Gasteiger charge is 2.43. The van der Waals surface area contributed by atoms with E-state index < -0.39 is 0 Å². The van der Waals surface area contributed by atoms with Crippen LogP contribution in [0.3, 0.4) is 0 Å². The van der Waals surface area contributed by atoms with E-state index in [1.807, 2.05) is 0 Å². The number of allylic oxidation sites excluding steroid dienone is 13. The van der Waals surface area contributed by atoms with Crippen LogP contribution in [0, 0.1) is 11.8 Å². The zero-order chi connectivity index (χ0) is 38.5. The van der Waals surface area contributed by atoms with E-state index >= 15 is 0 Å². The predicted molar refractivity (Wildman–Crippen MR) is 241 cm³/mol. The third-order valence-corrected chi connectivity index (χ3v) is 14.5. The van der Waals surface area contributed by atoms with Crippen LogP contribution in [-0.4, -0.2) is 6.10 Å². The standard InChI is InChI=1S/C56H49NO/c1-56(2)50-21-11-10-19-45(50)46-29-25-39(33-51(46)56)54-43-18-9-7-16-38(43)32-49-48-34-41(28-30-53(48)58-55(49)54)57(40-26-23-36(24-27-40)35-13-4-3-5-14-35)52-22-12-20-44-42-17-8-6-15-37(42)31-47(44)52/h3-5,7-9,12-14,16-27,29,32-34,44,47-48,53H,6,10-11,15,28,30-31H2,1-2H3. The molecule has 6 aliphatic carbocycles. The lowest BCUT2D eigenvalue weighted by atomic mass is 9.79. The first-order chi connectivity index (χ1) is 28.5. The number of nitrogens with zero attached hydrogens (tertiary/aromatic N) is 1. The molecule has 1 heterocycles. The van der Waals surface area contributed by atoms with Crippen molar-refractivity contribution in [3.63, 3.8) is 0 Å². The molecule has 12 rings (SSSR count). The molecule has 0 radical (unpaired) electrons. The maximum absolute atomic E-state index is 7.22. The van der Waals surface area contributed by atoms with Crippen LogP contribution in [0.1, 0.15) is 81.4 Å². The number of fused-ring (bicyclic) bond motifs is 9. The first-order valence-corrected chi connectivity index (χ1v) is 21.7. The first kappa shape index (κ1) is 34.2. The van der Waals surface area contributed by atoms with Crippen LogP contribution >= 0.6 is 0 Å². The maximum Gasteiger partial charge on any atom is 0.132 e. The summed E-state index contributed by atoms with van der Waals surface area (Å²) in [7, 11) is 0. The van der Waals surface area contributed by atoms with Gasteiger partial charge >= 0.3 is 0 Å². The third-order valence-electron chi connectivity index (χ3n) is 14.5. The molecule has 4 atom stereocenters. The van der Waals surface area contributed by atoms with Crippen molar-refractivity contribution in [3.05, 3.63) is 197 Å². The second-order valence-corrected chi connectivity index (χ2v) is 18.0. The lowest BCUT2D eigenvalue weighted by molar-refractivity contribution is 0.202. The van der Waals surface area contributed by atoms with E-state index in [9.17, 15) is 0 Å². The van der Waals surface area contributed by atoms with Crippen LogP contribution in [0.2, 0.25) is 0 Å². The predicted octanol–water partition coefficient (Wildman–Crippen LogP) is 14.3. The summed E-state index contributed by atoms with van der Waals surface area (Å²) in [6.45, 7) is 4.82. The summed E-state index contributed by atoms with van der Waals surface area (Å²) in [6, 6.07) is 38.8. The van der Waals surface area contributed by atoms with Crippen molar-refractivity contribution >= 4 is 22.0 Å². The summed E-state index contributed by atoms with van der Waals surface area (Å²) in [5, 5.41) is 2.56. The highest BCUT2D eigenvalue weighted by molar-refractivity contribution is 6.02. The Balaban J connectivity index is 0.981. The molecular weight excluding hydrogens is 703 g/mol. The Morgan fingerprint density at radius 1 is 0.759 bits per heavy atom. The maximum atomic E-state index is 7.22. The SMILES string of the molecule is CC1(C)C2=CCCC=C2c2ccc(-c3c4c(cc5ccccc35)C3C=C(N(C5=CC=CC6C7=C(CCC=C7)CC56)c5ccc(-c6ccccc6)cc5)CCC3O4)cc21. The van der Waals surface area contributed by atoms with Crippen LogP contribution in [0.15, 0.2) is 180 Å². The van der Waals surface area contributed by atoms with Crippen LogP contribution < -0.4 is 9.64 Å². The number of benzene rings is 5. The summed E-state index contributed by atoms with van der Waals surface area (Å²) < 4.78 is 7.22. The molecule has 7 aliphatic rings. The van der Waals surface area contributed by atoms with Gasteiger partial charge in [0.05, 0.1) is 0 Å². The average molecular weight is 752 g/mol. The van der Waals surface area contributed by atoms with E-state index in [4.69, 9.17) is 4.74 Å². The largest absolute Gasteiger partial charge is 0.488 e. The van der Waals surface area contributed by atoms with Gasteiger partial charge in [-0.2, -0.15) is 0 Å². The molecule has 0 saturated carbocycles.